The molecule has 3 aromatic rings. The largest absolute Gasteiger partial charge is 0.457 e. The number of rotatable bonds is 6. The number of carbonyl (C=O) groups is 1. The summed E-state index contributed by atoms with van der Waals surface area (Å²) < 4.78 is 10.8. The Morgan fingerprint density at radius 3 is 2.23 bits per heavy atom. The SMILES string of the molecule is O=C(OCc1ccc(Oc2ccc([N+](=O)[O-])cc2)cc1)c1cccnc1. The summed E-state index contributed by atoms with van der Waals surface area (Å²) in [6, 6.07) is 16.1. The first-order valence-corrected chi connectivity index (χ1v) is 7.70. The van der Waals surface area contributed by atoms with Gasteiger partial charge in [-0.05, 0) is 42.0 Å². The van der Waals surface area contributed by atoms with Crippen LogP contribution in [0.15, 0.2) is 73.1 Å². The van der Waals surface area contributed by atoms with Gasteiger partial charge < -0.3 is 9.47 Å². The highest BCUT2D eigenvalue weighted by molar-refractivity contribution is 5.88. The lowest BCUT2D eigenvalue weighted by Crippen LogP contribution is -2.05. The first-order valence-electron chi connectivity index (χ1n) is 7.70. The third-order valence-electron chi connectivity index (χ3n) is 3.47. The number of non-ortho nitro benzene ring substituents is 1. The van der Waals surface area contributed by atoms with Crippen LogP contribution in [0.1, 0.15) is 15.9 Å². The molecule has 0 unspecified atom stereocenters. The van der Waals surface area contributed by atoms with E-state index in [0.29, 0.717) is 17.1 Å². The highest BCUT2D eigenvalue weighted by atomic mass is 16.6. The molecule has 1 heterocycles. The number of nitro groups is 1. The number of aromatic nitrogens is 1. The standard InChI is InChI=1S/C19H14N2O5/c22-19(15-2-1-11-20-12-15)25-13-14-3-7-17(8-4-14)26-18-9-5-16(6-10-18)21(23)24/h1-12H,13H2. The molecule has 26 heavy (non-hydrogen) atoms. The molecule has 0 radical (unpaired) electrons. The number of pyridine rings is 1. The third kappa shape index (κ3) is 4.41. The van der Waals surface area contributed by atoms with E-state index in [-0.39, 0.29) is 12.3 Å². The normalized spacial score (nSPS) is 10.2. The van der Waals surface area contributed by atoms with Crippen molar-refractivity contribution in [3.05, 3.63) is 94.3 Å². The van der Waals surface area contributed by atoms with Gasteiger partial charge in [0.2, 0.25) is 0 Å². The summed E-state index contributed by atoms with van der Waals surface area (Å²) in [7, 11) is 0. The van der Waals surface area contributed by atoms with Crippen LogP contribution in [-0.2, 0) is 11.3 Å². The fourth-order valence-corrected chi connectivity index (χ4v) is 2.14. The van der Waals surface area contributed by atoms with Crippen LogP contribution in [0.3, 0.4) is 0 Å². The van der Waals surface area contributed by atoms with Gasteiger partial charge in [0.05, 0.1) is 10.5 Å². The van der Waals surface area contributed by atoms with E-state index >= 15 is 0 Å². The van der Waals surface area contributed by atoms with Crippen molar-refractivity contribution in [2.45, 2.75) is 6.61 Å². The molecule has 0 amide bonds. The van der Waals surface area contributed by atoms with Gasteiger partial charge in [-0.25, -0.2) is 4.79 Å². The first-order chi connectivity index (χ1) is 12.6. The van der Waals surface area contributed by atoms with Gasteiger partial charge in [-0.2, -0.15) is 0 Å². The highest BCUT2D eigenvalue weighted by Crippen LogP contribution is 2.24. The Morgan fingerprint density at radius 2 is 1.65 bits per heavy atom. The summed E-state index contributed by atoms with van der Waals surface area (Å²) >= 11 is 0. The minimum absolute atomic E-state index is 0.00290. The summed E-state index contributed by atoms with van der Waals surface area (Å²) in [6.07, 6.45) is 3.03. The van der Waals surface area contributed by atoms with Crippen LogP contribution in [0, 0.1) is 10.1 Å². The molecule has 0 saturated heterocycles. The molecule has 0 fully saturated rings. The molecule has 0 bridgehead atoms. The van der Waals surface area contributed by atoms with Crippen LogP contribution in [0.5, 0.6) is 11.5 Å². The van der Waals surface area contributed by atoms with Gasteiger partial charge in [-0.1, -0.05) is 12.1 Å². The molecule has 7 heteroatoms. The molecule has 0 aliphatic heterocycles. The van der Waals surface area contributed by atoms with Crippen molar-refractivity contribution >= 4 is 11.7 Å². The molecule has 2 aromatic carbocycles. The van der Waals surface area contributed by atoms with E-state index in [0.717, 1.165) is 5.56 Å². The Bertz CT molecular complexity index is 893. The number of ether oxygens (including phenoxy) is 2. The second-order valence-corrected chi connectivity index (χ2v) is 5.31. The highest BCUT2D eigenvalue weighted by Gasteiger charge is 2.08. The van der Waals surface area contributed by atoms with Crippen LogP contribution in [0.4, 0.5) is 5.69 Å². The number of nitro benzene ring substituents is 1. The predicted octanol–water partition coefficient (Wildman–Crippen LogP) is 4.14. The van der Waals surface area contributed by atoms with E-state index in [4.69, 9.17) is 9.47 Å². The van der Waals surface area contributed by atoms with Crippen molar-refractivity contribution in [1.82, 2.24) is 4.98 Å². The molecule has 7 nitrogen and oxygen atoms in total. The van der Waals surface area contributed by atoms with E-state index < -0.39 is 10.9 Å². The summed E-state index contributed by atoms with van der Waals surface area (Å²) in [5.41, 5.74) is 1.20. The van der Waals surface area contributed by atoms with Crippen LogP contribution in [-0.4, -0.2) is 15.9 Å². The van der Waals surface area contributed by atoms with E-state index in [2.05, 4.69) is 4.98 Å². The Labute approximate surface area is 149 Å². The van der Waals surface area contributed by atoms with E-state index in [1.165, 1.54) is 30.5 Å². The minimum atomic E-state index is -0.467. The molecule has 3 rings (SSSR count). The predicted molar refractivity (Wildman–Crippen MR) is 93.0 cm³/mol. The summed E-state index contributed by atoms with van der Waals surface area (Å²) in [6.45, 7) is 0.130. The average molecular weight is 350 g/mol. The van der Waals surface area contributed by atoms with E-state index in [1.807, 2.05) is 0 Å². The van der Waals surface area contributed by atoms with E-state index in [1.54, 1.807) is 42.6 Å². The quantitative estimate of drug-likeness (QED) is 0.377. The molecule has 0 saturated carbocycles. The fourth-order valence-electron chi connectivity index (χ4n) is 2.14. The van der Waals surface area contributed by atoms with Crippen molar-refractivity contribution in [2.24, 2.45) is 0 Å². The number of esters is 1. The maximum atomic E-state index is 11.9. The monoisotopic (exact) mass is 350 g/mol. The lowest BCUT2D eigenvalue weighted by Gasteiger charge is -2.07. The smallest absolute Gasteiger partial charge is 0.340 e. The molecule has 0 spiro atoms. The van der Waals surface area contributed by atoms with Crippen molar-refractivity contribution in [1.29, 1.82) is 0 Å². The Kier molecular flexibility index (Phi) is 5.19. The number of hydrogen-bond acceptors (Lipinski definition) is 6. The number of carbonyl (C=O) groups excluding carboxylic acids is 1. The van der Waals surface area contributed by atoms with Crippen LogP contribution < -0.4 is 4.74 Å². The van der Waals surface area contributed by atoms with Gasteiger partial charge in [0.1, 0.15) is 18.1 Å². The van der Waals surface area contributed by atoms with Crippen LogP contribution in [0.2, 0.25) is 0 Å². The third-order valence-corrected chi connectivity index (χ3v) is 3.47. The topological polar surface area (TPSA) is 91.6 Å². The van der Waals surface area contributed by atoms with Crippen molar-refractivity contribution in [2.75, 3.05) is 0 Å². The lowest BCUT2D eigenvalue weighted by atomic mass is 10.2. The van der Waals surface area contributed by atoms with Crippen LogP contribution >= 0.6 is 0 Å². The minimum Gasteiger partial charge on any atom is -0.457 e. The first kappa shape index (κ1) is 17.1. The lowest BCUT2D eigenvalue weighted by molar-refractivity contribution is -0.384. The van der Waals surface area contributed by atoms with Crippen molar-refractivity contribution in [3.8, 4) is 11.5 Å². The zero-order chi connectivity index (χ0) is 18.4. The molecule has 130 valence electrons. The Balaban J connectivity index is 1.56. The van der Waals surface area contributed by atoms with Gasteiger partial charge in [-0.3, -0.25) is 15.1 Å². The van der Waals surface area contributed by atoms with Crippen LogP contribution in [0.25, 0.3) is 0 Å². The zero-order valence-corrected chi connectivity index (χ0v) is 13.6. The van der Waals surface area contributed by atoms with E-state index in [9.17, 15) is 14.9 Å². The van der Waals surface area contributed by atoms with Gasteiger partial charge in [0.15, 0.2) is 0 Å². The molecule has 1 aromatic heterocycles. The summed E-state index contributed by atoms with van der Waals surface area (Å²) in [5, 5.41) is 10.6. The van der Waals surface area contributed by atoms with Gasteiger partial charge >= 0.3 is 5.97 Å². The second-order valence-electron chi connectivity index (χ2n) is 5.31. The maximum absolute atomic E-state index is 11.9. The van der Waals surface area contributed by atoms with Gasteiger partial charge in [-0.15, -0.1) is 0 Å². The number of benzene rings is 2. The summed E-state index contributed by atoms with van der Waals surface area (Å²) in [5.74, 6) is 0.622. The molecule has 0 aliphatic carbocycles. The summed E-state index contributed by atoms with van der Waals surface area (Å²) in [4.78, 5) is 25.9. The second kappa shape index (κ2) is 7.89. The number of hydrogen-bond donors (Lipinski definition) is 0. The van der Waals surface area contributed by atoms with Crippen molar-refractivity contribution < 1.29 is 19.2 Å². The number of nitrogens with zero attached hydrogens (tertiary/aromatic N) is 2. The van der Waals surface area contributed by atoms with Gasteiger partial charge in [0, 0.05) is 24.5 Å². The average Bonchev–Trinajstić information content (AvgIpc) is 2.68. The molecule has 0 N–H and O–H groups in total. The Hall–Kier alpha value is -3.74. The Morgan fingerprint density at radius 1 is 1.00 bits per heavy atom. The van der Waals surface area contributed by atoms with Crippen molar-refractivity contribution in [3.63, 3.8) is 0 Å². The molecular weight excluding hydrogens is 336 g/mol. The van der Waals surface area contributed by atoms with Gasteiger partial charge in [0.25, 0.3) is 5.69 Å². The molecular formula is C19H14N2O5. The molecule has 0 atom stereocenters. The molecule has 0 aliphatic rings. The fraction of sp³-hybridized carbons (Fsp3) is 0.0526. The zero-order valence-electron chi connectivity index (χ0n) is 13.6. The maximum Gasteiger partial charge on any atom is 0.340 e.